The summed E-state index contributed by atoms with van der Waals surface area (Å²) in [7, 11) is -1.20. The van der Waals surface area contributed by atoms with Gasteiger partial charge in [-0.25, -0.2) is 8.42 Å². The molecule has 1 aliphatic rings. The van der Waals surface area contributed by atoms with Crippen LogP contribution in [-0.2, 0) is 16.9 Å². The molecule has 1 amide bonds. The number of carbonyl (C=O) groups excluding carboxylic acids is 1. The summed E-state index contributed by atoms with van der Waals surface area (Å²) < 4.78 is 24.9. The van der Waals surface area contributed by atoms with Gasteiger partial charge in [-0.3, -0.25) is 4.79 Å². The molecule has 0 radical (unpaired) electrons. The predicted octanol–water partition coefficient (Wildman–Crippen LogP) is 1.11. The van der Waals surface area contributed by atoms with Gasteiger partial charge in [0.1, 0.15) is 15.5 Å². The van der Waals surface area contributed by atoms with E-state index in [-0.39, 0.29) is 17.2 Å². The smallest absolute Gasteiger partial charge is 0.268 e. The molecule has 1 aliphatic carbocycles. The molecule has 2 unspecified atom stereocenters. The van der Waals surface area contributed by atoms with Crippen molar-refractivity contribution < 1.29 is 13.2 Å². The number of sulfone groups is 1. The van der Waals surface area contributed by atoms with Gasteiger partial charge in [0.05, 0.1) is 5.25 Å². The Balaban J connectivity index is 2.00. The highest BCUT2D eigenvalue weighted by molar-refractivity contribution is 7.91. The lowest BCUT2D eigenvalue weighted by Crippen LogP contribution is -2.42. The van der Waals surface area contributed by atoms with Crippen molar-refractivity contribution in [3.63, 3.8) is 0 Å². The molecule has 19 heavy (non-hydrogen) atoms. The van der Waals surface area contributed by atoms with E-state index in [1.165, 1.54) is 6.26 Å². The molecule has 106 valence electrons. The molecule has 1 saturated carbocycles. The average Bonchev–Trinajstić information content (AvgIpc) is 2.75. The fourth-order valence-electron chi connectivity index (χ4n) is 2.62. The number of nitrogens with one attached hydrogen (secondary N) is 1. The first-order valence-corrected chi connectivity index (χ1v) is 8.44. The summed E-state index contributed by atoms with van der Waals surface area (Å²) in [5, 5.41) is 2.62. The molecule has 1 heterocycles. The Kier molecular flexibility index (Phi) is 3.99. The van der Waals surface area contributed by atoms with Crippen LogP contribution >= 0.6 is 0 Å². The second-order valence-corrected chi connectivity index (χ2v) is 7.62. The highest BCUT2D eigenvalue weighted by Crippen LogP contribution is 2.24. The molecule has 0 spiro atoms. The summed E-state index contributed by atoms with van der Waals surface area (Å²) in [6.07, 6.45) is 6.01. The molecule has 1 aromatic heterocycles. The zero-order valence-corrected chi connectivity index (χ0v) is 12.1. The predicted molar refractivity (Wildman–Crippen MR) is 73.8 cm³/mol. The summed E-state index contributed by atoms with van der Waals surface area (Å²) in [4.78, 5) is 12.1. The van der Waals surface area contributed by atoms with Crippen molar-refractivity contribution in [3.05, 3.63) is 24.0 Å². The summed E-state index contributed by atoms with van der Waals surface area (Å²) in [6, 6.07) is 3.53. The zero-order chi connectivity index (χ0) is 14.0. The Morgan fingerprint density at radius 3 is 2.74 bits per heavy atom. The summed E-state index contributed by atoms with van der Waals surface area (Å²) >= 11 is 0. The van der Waals surface area contributed by atoms with Crippen LogP contribution < -0.4 is 5.32 Å². The molecule has 0 saturated heterocycles. The van der Waals surface area contributed by atoms with Crippen LogP contribution in [0.2, 0.25) is 0 Å². The maximum absolute atomic E-state index is 12.1. The number of hydrogen-bond donors (Lipinski definition) is 1. The van der Waals surface area contributed by atoms with E-state index in [2.05, 4.69) is 5.32 Å². The van der Waals surface area contributed by atoms with Crippen LogP contribution in [-0.4, -0.2) is 36.4 Å². The van der Waals surface area contributed by atoms with Gasteiger partial charge < -0.3 is 9.88 Å². The molecule has 1 aromatic rings. The third kappa shape index (κ3) is 3.37. The van der Waals surface area contributed by atoms with E-state index in [1.807, 2.05) is 19.3 Å². The largest absolute Gasteiger partial charge is 0.348 e. The maximum atomic E-state index is 12.1. The highest BCUT2D eigenvalue weighted by Gasteiger charge is 2.29. The Morgan fingerprint density at radius 1 is 1.42 bits per heavy atom. The molecular weight excluding hydrogens is 264 g/mol. The van der Waals surface area contributed by atoms with Gasteiger partial charge in [0.15, 0.2) is 0 Å². The monoisotopic (exact) mass is 284 g/mol. The summed E-state index contributed by atoms with van der Waals surface area (Å²) in [5.74, 6) is -0.133. The molecule has 0 aromatic carbocycles. The molecule has 1 fully saturated rings. The van der Waals surface area contributed by atoms with E-state index in [1.54, 1.807) is 10.6 Å². The van der Waals surface area contributed by atoms with E-state index in [9.17, 15) is 13.2 Å². The molecule has 2 atom stereocenters. The standard InChI is InChI=1S/C13H20N2O3S/c1-15-8-4-7-12(15)13(16)14-10-5-3-6-11(9-10)19(2,17)18/h4,7-8,10-11H,3,5-6,9H2,1-2H3,(H,14,16). The first-order valence-electron chi connectivity index (χ1n) is 6.49. The SMILES string of the molecule is Cn1cccc1C(=O)NC1CCCC(S(C)(=O)=O)C1. The van der Waals surface area contributed by atoms with Gasteiger partial charge in [-0.05, 0) is 31.4 Å². The van der Waals surface area contributed by atoms with Crippen LogP contribution in [0.1, 0.15) is 36.2 Å². The topological polar surface area (TPSA) is 68.2 Å². The fourth-order valence-corrected chi connectivity index (χ4v) is 3.80. The Morgan fingerprint density at radius 2 is 2.16 bits per heavy atom. The van der Waals surface area contributed by atoms with Crippen molar-refractivity contribution in [1.29, 1.82) is 0 Å². The fraction of sp³-hybridized carbons (Fsp3) is 0.615. The minimum atomic E-state index is -3.01. The van der Waals surface area contributed by atoms with Crippen molar-refractivity contribution in [2.45, 2.75) is 37.0 Å². The van der Waals surface area contributed by atoms with Gasteiger partial charge in [-0.2, -0.15) is 0 Å². The van der Waals surface area contributed by atoms with E-state index >= 15 is 0 Å². The molecule has 0 aliphatic heterocycles. The number of aryl methyl sites for hydroxylation is 1. The first kappa shape index (κ1) is 14.1. The van der Waals surface area contributed by atoms with Crippen molar-refractivity contribution in [2.75, 3.05) is 6.26 Å². The Labute approximate surface area is 113 Å². The maximum Gasteiger partial charge on any atom is 0.268 e. The quantitative estimate of drug-likeness (QED) is 0.904. The molecule has 2 rings (SSSR count). The molecule has 6 heteroatoms. The molecule has 0 bridgehead atoms. The summed E-state index contributed by atoms with van der Waals surface area (Å²) in [6.45, 7) is 0. The Bertz CT molecular complexity index is 562. The highest BCUT2D eigenvalue weighted by atomic mass is 32.2. The molecular formula is C13H20N2O3S. The molecule has 5 nitrogen and oxygen atoms in total. The average molecular weight is 284 g/mol. The van der Waals surface area contributed by atoms with E-state index in [0.717, 1.165) is 12.8 Å². The van der Waals surface area contributed by atoms with Crippen molar-refractivity contribution in [2.24, 2.45) is 7.05 Å². The number of hydrogen-bond acceptors (Lipinski definition) is 3. The first-order chi connectivity index (χ1) is 8.88. The third-order valence-electron chi connectivity index (χ3n) is 3.74. The van der Waals surface area contributed by atoms with Crippen LogP contribution in [0.25, 0.3) is 0 Å². The van der Waals surface area contributed by atoms with Gasteiger partial charge in [0.25, 0.3) is 5.91 Å². The van der Waals surface area contributed by atoms with Crippen LogP contribution in [0.3, 0.4) is 0 Å². The number of amides is 1. The van der Waals surface area contributed by atoms with Crippen LogP contribution in [0.4, 0.5) is 0 Å². The normalized spacial score (nSPS) is 24.1. The summed E-state index contributed by atoms with van der Waals surface area (Å²) in [5.41, 5.74) is 0.599. The number of aromatic nitrogens is 1. The van der Waals surface area contributed by atoms with E-state index in [0.29, 0.717) is 18.5 Å². The van der Waals surface area contributed by atoms with Gasteiger partial charge >= 0.3 is 0 Å². The van der Waals surface area contributed by atoms with Crippen molar-refractivity contribution in [3.8, 4) is 0 Å². The zero-order valence-electron chi connectivity index (χ0n) is 11.3. The lowest BCUT2D eigenvalue weighted by atomic mass is 9.95. The lowest BCUT2D eigenvalue weighted by molar-refractivity contribution is 0.0919. The second-order valence-electron chi connectivity index (χ2n) is 5.29. The van der Waals surface area contributed by atoms with Crippen LogP contribution in [0.15, 0.2) is 18.3 Å². The van der Waals surface area contributed by atoms with E-state index < -0.39 is 9.84 Å². The minimum absolute atomic E-state index is 0.0455. The van der Waals surface area contributed by atoms with Gasteiger partial charge in [-0.15, -0.1) is 0 Å². The van der Waals surface area contributed by atoms with Gasteiger partial charge in [0.2, 0.25) is 0 Å². The van der Waals surface area contributed by atoms with Crippen molar-refractivity contribution in [1.82, 2.24) is 9.88 Å². The molecule has 1 N–H and O–H groups in total. The van der Waals surface area contributed by atoms with Crippen LogP contribution in [0, 0.1) is 0 Å². The van der Waals surface area contributed by atoms with Crippen LogP contribution in [0.5, 0.6) is 0 Å². The third-order valence-corrected chi connectivity index (χ3v) is 5.38. The number of rotatable bonds is 3. The minimum Gasteiger partial charge on any atom is -0.348 e. The lowest BCUT2D eigenvalue weighted by Gasteiger charge is -2.28. The van der Waals surface area contributed by atoms with E-state index in [4.69, 9.17) is 0 Å². The number of nitrogens with zero attached hydrogens (tertiary/aromatic N) is 1. The second kappa shape index (κ2) is 5.36. The van der Waals surface area contributed by atoms with Crippen molar-refractivity contribution >= 4 is 15.7 Å². The van der Waals surface area contributed by atoms with Gasteiger partial charge in [-0.1, -0.05) is 6.42 Å². The Hall–Kier alpha value is -1.30. The number of carbonyl (C=O) groups is 1. The van der Waals surface area contributed by atoms with Gasteiger partial charge in [0, 0.05) is 25.5 Å².